The predicted octanol–water partition coefficient (Wildman–Crippen LogP) is 3.20. The summed E-state index contributed by atoms with van der Waals surface area (Å²) in [5, 5.41) is 1.51. The molecule has 0 aromatic heterocycles. The van der Waals surface area contributed by atoms with Gasteiger partial charge in [0.05, 0.1) is 20.6 Å². The SMILES string of the molecule is CC(C)(C)[P+](C(C)(C)C)(C(C)(C)C)C(C)(C)C.[Br-]. The predicted molar refractivity (Wildman–Crippen MR) is 85.9 cm³/mol. The number of hydrogen-bond donors (Lipinski definition) is 0. The average molecular weight is 339 g/mol. The van der Waals surface area contributed by atoms with Gasteiger partial charge in [0.25, 0.3) is 0 Å². The quantitative estimate of drug-likeness (QED) is 0.595. The minimum atomic E-state index is -1.23. The minimum absolute atomic E-state index is 0. The van der Waals surface area contributed by atoms with E-state index in [-0.39, 0.29) is 17.0 Å². The Morgan fingerprint density at radius 2 is 0.500 bits per heavy atom. The van der Waals surface area contributed by atoms with Gasteiger partial charge in [-0.1, -0.05) is 0 Å². The van der Waals surface area contributed by atoms with Gasteiger partial charge in [0.2, 0.25) is 0 Å². The van der Waals surface area contributed by atoms with E-state index in [9.17, 15) is 0 Å². The van der Waals surface area contributed by atoms with Crippen molar-refractivity contribution in [2.75, 3.05) is 0 Å². The fraction of sp³-hybridized carbons (Fsp3) is 1.00. The van der Waals surface area contributed by atoms with Crippen LogP contribution in [0.3, 0.4) is 0 Å². The maximum absolute atomic E-state index is 2.46. The summed E-state index contributed by atoms with van der Waals surface area (Å²) in [6, 6.07) is 0. The molecule has 0 atom stereocenters. The maximum atomic E-state index is 2.46. The Hall–Kier alpha value is 0.910. The molecule has 0 spiro atoms. The molecule has 0 nitrogen and oxygen atoms in total. The van der Waals surface area contributed by atoms with Crippen molar-refractivity contribution in [3.63, 3.8) is 0 Å². The van der Waals surface area contributed by atoms with Gasteiger partial charge < -0.3 is 17.0 Å². The van der Waals surface area contributed by atoms with Gasteiger partial charge in [-0.2, -0.15) is 0 Å². The van der Waals surface area contributed by atoms with Gasteiger partial charge in [-0.3, -0.25) is 0 Å². The summed E-state index contributed by atoms with van der Waals surface area (Å²) < 4.78 is 0. The molecule has 0 unspecified atom stereocenters. The van der Waals surface area contributed by atoms with Gasteiger partial charge in [-0.25, -0.2) is 0 Å². The van der Waals surface area contributed by atoms with Gasteiger partial charge >= 0.3 is 0 Å². The molecule has 0 heterocycles. The molecular weight excluding hydrogens is 303 g/mol. The monoisotopic (exact) mass is 338 g/mol. The fourth-order valence-electron chi connectivity index (χ4n) is 6.04. The van der Waals surface area contributed by atoms with Crippen LogP contribution < -0.4 is 17.0 Å². The molecule has 0 aromatic carbocycles. The van der Waals surface area contributed by atoms with Crippen LogP contribution in [0.25, 0.3) is 0 Å². The highest BCUT2D eigenvalue weighted by Crippen LogP contribution is 2.88. The summed E-state index contributed by atoms with van der Waals surface area (Å²) in [6.45, 7) is 29.5. The zero-order valence-electron chi connectivity index (χ0n) is 14.8. The molecule has 0 amide bonds. The van der Waals surface area contributed by atoms with E-state index < -0.39 is 7.26 Å². The summed E-state index contributed by atoms with van der Waals surface area (Å²) in [5.41, 5.74) is 0. The lowest BCUT2D eigenvalue weighted by atomic mass is 10.2. The summed E-state index contributed by atoms with van der Waals surface area (Å²) in [4.78, 5) is 0. The molecule has 18 heavy (non-hydrogen) atoms. The Morgan fingerprint density at radius 1 is 0.389 bits per heavy atom. The first kappa shape index (κ1) is 21.2. The first-order chi connectivity index (χ1) is 7.00. The summed E-state index contributed by atoms with van der Waals surface area (Å²) in [7, 11) is -1.23. The van der Waals surface area contributed by atoms with Crippen LogP contribution in [0.2, 0.25) is 0 Å². The lowest BCUT2D eigenvalue weighted by molar-refractivity contribution is -0.00000540. The number of hydrogen-bond acceptors (Lipinski definition) is 0. The molecule has 0 saturated heterocycles. The van der Waals surface area contributed by atoms with Crippen LogP contribution in [0.4, 0.5) is 0 Å². The van der Waals surface area contributed by atoms with Crippen LogP contribution in [0.1, 0.15) is 83.1 Å². The van der Waals surface area contributed by atoms with Crippen LogP contribution in [0.5, 0.6) is 0 Å². The highest BCUT2D eigenvalue weighted by molar-refractivity contribution is 7.81. The van der Waals surface area contributed by atoms with E-state index >= 15 is 0 Å². The molecule has 2 heteroatoms. The lowest BCUT2D eigenvalue weighted by Gasteiger charge is -2.60. The van der Waals surface area contributed by atoms with Crippen molar-refractivity contribution in [2.45, 2.75) is 104 Å². The summed E-state index contributed by atoms with van der Waals surface area (Å²) >= 11 is 0. The largest absolute Gasteiger partial charge is 1.00 e. The number of halogens is 1. The Bertz CT molecular complexity index is 204. The summed E-state index contributed by atoms with van der Waals surface area (Å²) in [5.74, 6) is 0. The van der Waals surface area contributed by atoms with Crippen molar-refractivity contribution < 1.29 is 17.0 Å². The van der Waals surface area contributed by atoms with Crippen molar-refractivity contribution in [2.24, 2.45) is 0 Å². The van der Waals surface area contributed by atoms with E-state index in [0.717, 1.165) is 0 Å². The van der Waals surface area contributed by atoms with Crippen LogP contribution in [-0.4, -0.2) is 20.6 Å². The smallest absolute Gasteiger partial charge is 0.0730 e. The highest BCUT2D eigenvalue weighted by Gasteiger charge is 2.70. The van der Waals surface area contributed by atoms with Crippen molar-refractivity contribution in [1.82, 2.24) is 0 Å². The fourth-order valence-corrected chi connectivity index (χ4v) is 18.1. The molecule has 0 aliphatic rings. The second-order valence-electron chi connectivity index (χ2n) is 9.35. The van der Waals surface area contributed by atoms with Gasteiger partial charge in [0, 0.05) is 7.26 Å². The first-order valence-electron chi connectivity index (χ1n) is 6.89. The molecule has 0 N–H and O–H groups in total. The van der Waals surface area contributed by atoms with Gasteiger partial charge in [-0.05, 0) is 83.1 Å². The second kappa shape index (κ2) is 5.36. The van der Waals surface area contributed by atoms with E-state index in [1.54, 1.807) is 0 Å². The van der Waals surface area contributed by atoms with E-state index in [4.69, 9.17) is 0 Å². The van der Waals surface area contributed by atoms with Crippen LogP contribution in [0, 0.1) is 0 Å². The molecule has 0 bridgehead atoms. The standard InChI is InChI=1S/C16H36P.BrH/c1-13(2,3)17(14(4,5)6,15(7,8)9)16(10,11)12;/h1-12H3;1H/q+1;/p-1. The molecule has 0 saturated carbocycles. The molecule has 112 valence electrons. The van der Waals surface area contributed by atoms with Crippen molar-refractivity contribution in [3.8, 4) is 0 Å². The third-order valence-corrected chi connectivity index (χ3v) is 12.1. The lowest BCUT2D eigenvalue weighted by Crippen LogP contribution is -3.00. The Kier molecular flexibility index (Phi) is 6.32. The minimum Gasteiger partial charge on any atom is -1.00 e. The molecule has 0 aromatic rings. The van der Waals surface area contributed by atoms with E-state index in [1.165, 1.54) is 0 Å². The zero-order valence-corrected chi connectivity index (χ0v) is 17.3. The van der Waals surface area contributed by atoms with E-state index in [0.29, 0.717) is 20.6 Å². The van der Waals surface area contributed by atoms with E-state index in [1.807, 2.05) is 0 Å². The maximum Gasteiger partial charge on any atom is 0.0730 e. The Morgan fingerprint density at radius 3 is 0.500 bits per heavy atom. The topological polar surface area (TPSA) is 0 Å². The molecule has 0 aliphatic carbocycles. The number of rotatable bonds is 0. The molecule has 0 rings (SSSR count). The zero-order chi connectivity index (χ0) is 14.5. The molecular formula is C16H36BrP. The third kappa shape index (κ3) is 3.14. The molecule has 0 radical (unpaired) electrons. The third-order valence-electron chi connectivity index (χ3n) is 4.02. The molecule has 0 fully saturated rings. The van der Waals surface area contributed by atoms with Crippen molar-refractivity contribution >= 4 is 7.26 Å². The average Bonchev–Trinajstić information content (AvgIpc) is 1.67. The van der Waals surface area contributed by atoms with Crippen LogP contribution in [-0.2, 0) is 0 Å². The first-order valence-corrected chi connectivity index (χ1v) is 8.68. The van der Waals surface area contributed by atoms with Gasteiger partial charge in [0.1, 0.15) is 0 Å². The van der Waals surface area contributed by atoms with Gasteiger partial charge in [0.15, 0.2) is 0 Å². The van der Waals surface area contributed by atoms with Crippen molar-refractivity contribution in [1.29, 1.82) is 0 Å². The highest BCUT2D eigenvalue weighted by atomic mass is 79.9. The van der Waals surface area contributed by atoms with Crippen LogP contribution in [0.15, 0.2) is 0 Å². The summed E-state index contributed by atoms with van der Waals surface area (Å²) in [6.07, 6.45) is 0. The Labute approximate surface area is 128 Å². The van der Waals surface area contributed by atoms with Crippen molar-refractivity contribution in [3.05, 3.63) is 0 Å². The van der Waals surface area contributed by atoms with E-state index in [2.05, 4.69) is 83.1 Å². The second-order valence-corrected chi connectivity index (χ2v) is 16.1. The van der Waals surface area contributed by atoms with Gasteiger partial charge in [-0.15, -0.1) is 0 Å². The Balaban J connectivity index is 0. The normalized spacial score (nSPS) is 15.3. The van der Waals surface area contributed by atoms with Crippen LogP contribution >= 0.6 is 7.26 Å². The molecule has 0 aliphatic heterocycles.